The van der Waals surface area contributed by atoms with Gasteiger partial charge in [-0.3, -0.25) is 14.5 Å². The minimum atomic E-state index is -0.583. The van der Waals surface area contributed by atoms with Gasteiger partial charge in [-0.1, -0.05) is 11.6 Å². The highest BCUT2D eigenvalue weighted by atomic mass is 35.5. The first-order valence-electron chi connectivity index (χ1n) is 9.43. The summed E-state index contributed by atoms with van der Waals surface area (Å²) >= 11 is 5.82. The van der Waals surface area contributed by atoms with Gasteiger partial charge in [0.2, 0.25) is 5.91 Å². The van der Waals surface area contributed by atoms with Gasteiger partial charge in [-0.2, -0.15) is 0 Å². The average Bonchev–Trinajstić information content (AvgIpc) is 3.04. The highest BCUT2D eigenvalue weighted by Gasteiger charge is 2.43. The fraction of sp³-hybridized carbons (Fsp3) is 0.333. The van der Waals surface area contributed by atoms with Gasteiger partial charge in [0, 0.05) is 31.9 Å². The van der Waals surface area contributed by atoms with E-state index in [9.17, 15) is 14.0 Å². The average molecular weight is 418 g/mol. The summed E-state index contributed by atoms with van der Waals surface area (Å²) in [6, 6.07) is 11.3. The molecule has 0 radical (unpaired) electrons. The van der Waals surface area contributed by atoms with Crippen molar-refractivity contribution in [3.05, 3.63) is 53.3 Å². The molecule has 0 saturated carbocycles. The molecule has 2 aliphatic rings. The predicted molar refractivity (Wildman–Crippen MR) is 109 cm³/mol. The van der Waals surface area contributed by atoms with Gasteiger partial charge in [0.1, 0.15) is 11.6 Å². The van der Waals surface area contributed by atoms with E-state index >= 15 is 0 Å². The summed E-state index contributed by atoms with van der Waals surface area (Å²) in [4.78, 5) is 30.8. The van der Waals surface area contributed by atoms with E-state index in [4.69, 9.17) is 16.3 Å². The molecule has 0 spiro atoms. The number of hydrogen-bond acceptors (Lipinski definition) is 5. The summed E-state index contributed by atoms with van der Waals surface area (Å²) in [5.74, 6) is -0.347. The van der Waals surface area contributed by atoms with E-state index in [2.05, 4.69) is 4.90 Å². The third-order valence-corrected chi connectivity index (χ3v) is 5.77. The van der Waals surface area contributed by atoms with Gasteiger partial charge in [-0.15, -0.1) is 0 Å². The number of methoxy groups -OCH3 is 1. The van der Waals surface area contributed by atoms with Crippen LogP contribution in [0.25, 0.3) is 0 Å². The largest absolute Gasteiger partial charge is 0.497 e. The quantitative estimate of drug-likeness (QED) is 0.716. The first-order chi connectivity index (χ1) is 14.0. The maximum atomic E-state index is 13.4. The Labute approximate surface area is 173 Å². The van der Waals surface area contributed by atoms with Crippen molar-refractivity contribution in [2.45, 2.75) is 12.5 Å². The van der Waals surface area contributed by atoms with Crippen molar-refractivity contribution < 1.29 is 18.7 Å². The fourth-order valence-corrected chi connectivity index (χ4v) is 4.06. The summed E-state index contributed by atoms with van der Waals surface area (Å²) in [5, 5.41) is -0.111. The van der Waals surface area contributed by atoms with Crippen molar-refractivity contribution in [2.24, 2.45) is 0 Å². The molecule has 0 aromatic heterocycles. The van der Waals surface area contributed by atoms with E-state index in [0.717, 1.165) is 29.4 Å². The van der Waals surface area contributed by atoms with Crippen LogP contribution in [0.5, 0.6) is 5.75 Å². The molecule has 2 saturated heterocycles. The van der Waals surface area contributed by atoms with Gasteiger partial charge in [0.05, 0.1) is 30.3 Å². The standard InChI is InChI=1S/C21H21ClFN3O3/c1-29-16-5-2-14(3-6-16)24-8-10-25(11-9-24)19-13-20(27)26(21(19)28)15-4-7-18(23)17(22)12-15/h2-7,12,19H,8-11,13H2,1H3/t19-/m0/s1. The molecule has 2 fully saturated rings. The molecule has 2 heterocycles. The number of anilines is 2. The maximum absolute atomic E-state index is 13.4. The molecule has 4 rings (SSSR count). The number of amides is 2. The van der Waals surface area contributed by atoms with E-state index in [1.54, 1.807) is 7.11 Å². The Morgan fingerprint density at radius 2 is 1.66 bits per heavy atom. The number of ether oxygens (including phenoxy) is 1. The third kappa shape index (κ3) is 3.80. The van der Waals surface area contributed by atoms with Crippen molar-refractivity contribution in [2.75, 3.05) is 43.1 Å². The Balaban J connectivity index is 1.42. The zero-order valence-corrected chi connectivity index (χ0v) is 16.7. The van der Waals surface area contributed by atoms with E-state index in [-0.39, 0.29) is 23.3 Å². The van der Waals surface area contributed by atoms with Gasteiger partial charge in [0.25, 0.3) is 5.91 Å². The van der Waals surface area contributed by atoms with Crippen molar-refractivity contribution in [3.63, 3.8) is 0 Å². The Kier molecular flexibility index (Phi) is 5.43. The summed E-state index contributed by atoms with van der Waals surface area (Å²) < 4.78 is 18.6. The Bertz CT molecular complexity index is 929. The molecule has 152 valence electrons. The molecule has 2 aromatic rings. The number of carbonyl (C=O) groups excluding carboxylic acids is 2. The molecule has 8 heteroatoms. The van der Waals surface area contributed by atoms with Crippen LogP contribution in [0.2, 0.25) is 5.02 Å². The van der Waals surface area contributed by atoms with Crippen molar-refractivity contribution in [1.29, 1.82) is 0 Å². The summed E-state index contributed by atoms with van der Waals surface area (Å²) in [7, 11) is 1.64. The van der Waals surface area contributed by atoms with Crippen LogP contribution in [0.4, 0.5) is 15.8 Å². The molecule has 0 bridgehead atoms. The topological polar surface area (TPSA) is 53.1 Å². The SMILES string of the molecule is COc1ccc(N2CCN([C@H]3CC(=O)N(c4ccc(F)c(Cl)c4)C3=O)CC2)cc1. The van der Waals surface area contributed by atoms with Crippen LogP contribution < -0.4 is 14.5 Å². The second kappa shape index (κ2) is 8.00. The van der Waals surface area contributed by atoms with E-state index < -0.39 is 11.9 Å². The Morgan fingerprint density at radius 1 is 1.00 bits per heavy atom. The lowest BCUT2D eigenvalue weighted by atomic mass is 10.1. The Hall–Kier alpha value is -2.64. The maximum Gasteiger partial charge on any atom is 0.251 e. The van der Waals surface area contributed by atoms with Crippen molar-refractivity contribution in [3.8, 4) is 5.75 Å². The van der Waals surface area contributed by atoms with Gasteiger partial charge in [-0.05, 0) is 42.5 Å². The lowest BCUT2D eigenvalue weighted by Crippen LogP contribution is -2.52. The van der Waals surface area contributed by atoms with Crippen LogP contribution in [0.15, 0.2) is 42.5 Å². The third-order valence-electron chi connectivity index (χ3n) is 5.48. The summed E-state index contributed by atoms with van der Waals surface area (Å²) in [5.41, 5.74) is 1.41. The van der Waals surface area contributed by atoms with E-state index in [1.807, 2.05) is 29.2 Å². The van der Waals surface area contributed by atoms with E-state index in [0.29, 0.717) is 18.8 Å². The Morgan fingerprint density at radius 3 is 2.28 bits per heavy atom. The minimum absolute atomic E-state index is 0.111. The molecule has 0 unspecified atom stereocenters. The number of imide groups is 1. The van der Waals surface area contributed by atoms with Gasteiger partial charge in [0.15, 0.2) is 0 Å². The number of carbonyl (C=O) groups is 2. The van der Waals surface area contributed by atoms with Crippen LogP contribution in [0, 0.1) is 5.82 Å². The smallest absolute Gasteiger partial charge is 0.251 e. The lowest BCUT2D eigenvalue weighted by Gasteiger charge is -2.38. The van der Waals surface area contributed by atoms with Crippen LogP contribution in [-0.4, -0.2) is 56.0 Å². The molecular formula is C21H21ClFN3O3. The van der Waals surface area contributed by atoms with Gasteiger partial charge in [-0.25, -0.2) is 9.29 Å². The molecule has 2 amide bonds. The van der Waals surface area contributed by atoms with Crippen molar-refractivity contribution >= 4 is 34.8 Å². The van der Waals surface area contributed by atoms with Crippen molar-refractivity contribution in [1.82, 2.24) is 4.90 Å². The van der Waals surface area contributed by atoms with E-state index in [1.165, 1.54) is 18.2 Å². The molecule has 0 aliphatic carbocycles. The number of piperazine rings is 1. The van der Waals surface area contributed by atoms with Gasteiger partial charge < -0.3 is 9.64 Å². The molecule has 2 aromatic carbocycles. The summed E-state index contributed by atoms with van der Waals surface area (Å²) in [6.45, 7) is 2.86. The fourth-order valence-electron chi connectivity index (χ4n) is 3.88. The molecule has 0 N–H and O–H groups in total. The predicted octanol–water partition coefficient (Wildman–Crippen LogP) is 2.94. The van der Waals surface area contributed by atoms with Crippen LogP contribution >= 0.6 is 11.6 Å². The monoisotopic (exact) mass is 417 g/mol. The number of nitrogens with zero attached hydrogens (tertiary/aromatic N) is 3. The second-order valence-corrected chi connectivity index (χ2v) is 7.51. The zero-order valence-electron chi connectivity index (χ0n) is 16.0. The highest BCUT2D eigenvalue weighted by Crippen LogP contribution is 2.30. The van der Waals surface area contributed by atoms with Crippen LogP contribution in [-0.2, 0) is 9.59 Å². The molecule has 1 atom stereocenters. The minimum Gasteiger partial charge on any atom is -0.497 e. The molecular weight excluding hydrogens is 397 g/mol. The number of hydrogen-bond donors (Lipinski definition) is 0. The lowest BCUT2D eigenvalue weighted by molar-refractivity contribution is -0.123. The molecule has 29 heavy (non-hydrogen) atoms. The van der Waals surface area contributed by atoms with Gasteiger partial charge >= 0.3 is 0 Å². The zero-order chi connectivity index (χ0) is 20.5. The normalized spacial score (nSPS) is 20.4. The second-order valence-electron chi connectivity index (χ2n) is 7.11. The van der Waals surface area contributed by atoms with Crippen LogP contribution in [0.1, 0.15) is 6.42 Å². The number of rotatable bonds is 4. The first-order valence-corrected chi connectivity index (χ1v) is 9.80. The number of benzene rings is 2. The summed E-state index contributed by atoms with van der Waals surface area (Å²) in [6.07, 6.45) is 0.121. The first kappa shape index (κ1) is 19.7. The highest BCUT2D eigenvalue weighted by molar-refractivity contribution is 6.31. The molecule has 6 nitrogen and oxygen atoms in total. The number of halogens is 2. The molecule has 2 aliphatic heterocycles. The van der Waals surface area contributed by atoms with Crippen LogP contribution in [0.3, 0.4) is 0 Å².